The summed E-state index contributed by atoms with van der Waals surface area (Å²) in [6.45, 7) is 0.957. The van der Waals surface area contributed by atoms with Crippen molar-refractivity contribution < 1.29 is 13.9 Å². The Morgan fingerprint density at radius 1 is 1.50 bits per heavy atom. The molecule has 2 N–H and O–H groups in total. The van der Waals surface area contributed by atoms with Gasteiger partial charge in [-0.25, -0.2) is 4.39 Å². The van der Waals surface area contributed by atoms with E-state index >= 15 is 0 Å². The van der Waals surface area contributed by atoms with Crippen LogP contribution in [0.4, 0.5) is 4.39 Å². The van der Waals surface area contributed by atoms with Crippen LogP contribution in [0.15, 0.2) is 24.3 Å². The van der Waals surface area contributed by atoms with Crippen molar-refractivity contribution in [2.75, 3.05) is 20.2 Å². The summed E-state index contributed by atoms with van der Waals surface area (Å²) in [5.41, 5.74) is 6.48. The normalized spacial score (nSPS) is 15.0. The van der Waals surface area contributed by atoms with Crippen molar-refractivity contribution in [3.63, 3.8) is 0 Å². The first-order chi connectivity index (χ1) is 10.1. The number of carbonyl (C=O) groups is 1. The van der Waals surface area contributed by atoms with Gasteiger partial charge in [0.2, 0.25) is 5.91 Å². The molecule has 0 aromatic heterocycles. The maximum Gasteiger partial charge on any atom is 0.225 e. The molecule has 0 heterocycles. The van der Waals surface area contributed by atoms with E-state index in [4.69, 9.17) is 10.5 Å². The van der Waals surface area contributed by atoms with Crippen LogP contribution in [0.3, 0.4) is 0 Å². The molecule has 0 spiro atoms. The predicted molar refractivity (Wildman–Crippen MR) is 86.6 cm³/mol. The quantitative estimate of drug-likeness (QED) is 0.794. The van der Waals surface area contributed by atoms with E-state index in [1.165, 1.54) is 12.1 Å². The average Bonchev–Trinajstić information content (AvgIpc) is 3.29. The minimum Gasteiger partial charge on any atom is -0.380 e. The molecule has 0 bridgehead atoms. The second kappa shape index (κ2) is 9.08. The summed E-state index contributed by atoms with van der Waals surface area (Å²) in [4.78, 5) is 14.3. The second-order valence-corrected chi connectivity index (χ2v) is 5.50. The Hall–Kier alpha value is -1.17. The molecule has 1 aromatic carbocycles. The maximum absolute atomic E-state index is 13.2. The predicted octanol–water partition coefficient (Wildman–Crippen LogP) is 2.14. The zero-order valence-electron chi connectivity index (χ0n) is 12.8. The van der Waals surface area contributed by atoms with Crippen LogP contribution in [0.25, 0.3) is 0 Å². The Bertz CT molecular complexity index is 479. The van der Waals surface area contributed by atoms with E-state index in [0.29, 0.717) is 32.0 Å². The number of hydrogen-bond donors (Lipinski definition) is 1. The van der Waals surface area contributed by atoms with Crippen molar-refractivity contribution in [3.05, 3.63) is 35.6 Å². The number of amides is 1. The van der Waals surface area contributed by atoms with Crippen LogP contribution in [0.5, 0.6) is 0 Å². The van der Waals surface area contributed by atoms with Crippen LogP contribution in [0.2, 0.25) is 0 Å². The van der Waals surface area contributed by atoms with Crippen LogP contribution in [-0.4, -0.2) is 43.2 Å². The molecule has 4 nitrogen and oxygen atoms in total. The largest absolute Gasteiger partial charge is 0.380 e. The van der Waals surface area contributed by atoms with E-state index in [0.717, 1.165) is 18.4 Å². The molecule has 1 saturated carbocycles. The number of nitrogens with zero attached hydrogens (tertiary/aromatic N) is 1. The molecule has 0 saturated heterocycles. The molecule has 0 aliphatic heterocycles. The Balaban J connectivity index is 0.00000242. The lowest BCUT2D eigenvalue weighted by Crippen LogP contribution is -2.38. The van der Waals surface area contributed by atoms with Gasteiger partial charge in [-0.15, -0.1) is 12.4 Å². The minimum absolute atomic E-state index is 0. The Morgan fingerprint density at radius 3 is 2.77 bits per heavy atom. The number of nitrogens with two attached hydrogens (primary N) is 1. The van der Waals surface area contributed by atoms with Gasteiger partial charge in [0.15, 0.2) is 0 Å². The van der Waals surface area contributed by atoms with Crippen LogP contribution < -0.4 is 5.73 Å². The van der Waals surface area contributed by atoms with E-state index in [2.05, 4.69) is 0 Å². The standard InChI is InChI=1S/C16H23FN2O2.ClH/c1-21-15(11-18)10-16(20)19(14-5-6-14)8-7-12-3-2-4-13(17)9-12;/h2-4,9,14-15H,5-8,10-11,18H2,1H3;1H. The molecule has 1 aromatic rings. The van der Waals surface area contributed by atoms with Gasteiger partial charge >= 0.3 is 0 Å². The number of ether oxygens (including phenoxy) is 1. The molecule has 1 unspecified atom stereocenters. The first kappa shape index (κ1) is 18.9. The fourth-order valence-corrected chi connectivity index (χ4v) is 2.41. The van der Waals surface area contributed by atoms with E-state index in [9.17, 15) is 9.18 Å². The minimum atomic E-state index is -0.237. The molecule has 2 rings (SSSR count). The topological polar surface area (TPSA) is 55.6 Å². The third kappa shape index (κ3) is 5.55. The number of benzene rings is 1. The average molecular weight is 331 g/mol. The zero-order valence-corrected chi connectivity index (χ0v) is 13.7. The highest BCUT2D eigenvalue weighted by molar-refractivity contribution is 5.85. The molecule has 1 aliphatic carbocycles. The number of hydrogen-bond acceptors (Lipinski definition) is 3. The third-order valence-corrected chi connectivity index (χ3v) is 3.84. The van der Waals surface area contributed by atoms with Crippen molar-refractivity contribution in [1.82, 2.24) is 4.90 Å². The van der Waals surface area contributed by atoms with E-state index in [1.807, 2.05) is 11.0 Å². The number of methoxy groups -OCH3 is 1. The Kier molecular flexibility index (Phi) is 7.79. The number of halogens is 2. The molecule has 124 valence electrons. The van der Waals surface area contributed by atoms with Gasteiger partial charge < -0.3 is 15.4 Å². The Morgan fingerprint density at radius 2 is 2.23 bits per heavy atom. The molecule has 1 fully saturated rings. The molecule has 0 radical (unpaired) electrons. The van der Waals surface area contributed by atoms with Gasteiger partial charge in [-0.2, -0.15) is 0 Å². The van der Waals surface area contributed by atoms with Crippen LogP contribution in [0.1, 0.15) is 24.8 Å². The molecule has 22 heavy (non-hydrogen) atoms. The number of rotatable bonds is 8. The zero-order chi connectivity index (χ0) is 15.2. The SMILES string of the molecule is COC(CN)CC(=O)N(CCc1cccc(F)c1)C1CC1.Cl. The first-order valence-corrected chi connectivity index (χ1v) is 7.40. The van der Waals surface area contributed by atoms with E-state index < -0.39 is 0 Å². The molecule has 1 amide bonds. The van der Waals surface area contributed by atoms with E-state index in [1.54, 1.807) is 13.2 Å². The van der Waals surface area contributed by atoms with Crippen molar-refractivity contribution in [3.8, 4) is 0 Å². The summed E-state index contributed by atoms with van der Waals surface area (Å²) in [7, 11) is 1.57. The summed E-state index contributed by atoms with van der Waals surface area (Å²) >= 11 is 0. The fraction of sp³-hybridized carbons (Fsp3) is 0.562. The van der Waals surface area contributed by atoms with Gasteiger partial charge in [0.25, 0.3) is 0 Å². The molecular formula is C16H24ClFN2O2. The molecule has 6 heteroatoms. The van der Waals surface area contributed by atoms with Crippen molar-refractivity contribution in [2.45, 2.75) is 37.8 Å². The van der Waals surface area contributed by atoms with Crippen LogP contribution in [-0.2, 0) is 16.0 Å². The van der Waals surface area contributed by atoms with Gasteiger partial charge in [0, 0.05) is 26.2 Å². The van der Waals surface area contributed by atoms with Gasteiger partial charge in [-0.05, 0) is 37.0 Å². The highest BCUT2D eigenvalue weighted by Gasteiger charge is 2.32. The first-order valence-electron chi connectivity index (χ1n) is 7.40. The maximum atomic E-state index is 13.2. The summed E-state index contributed by atoms with van der Waals surface area (Å²) in [6.07, 6.45) is 2.85. The van der Waals surface area contributed by atoms with Gasteiger partial charge in [-0.3, -0.25) is 4.79 Å². The fourth-order valence-electron chi connectivity index (χ4n) is 2.41. The van der Waals surface area contributed by atoms with Crippen molar-refractivity contribution in [1.29, 1.82) is 0 Å². The lowest BCUT2D eigenvalue weighted by molar-refractivity contribution is -0.134. The molecule has 1 aliphatic rings. The smallest absolute Gasteiger partial charge is 0.225 e. The molecule has 1 atom stereocenters. The summed E-state index contributed by atoms with van der Waals surface area (Å²) in [5, 5.41) is 0. The highest BCUT2D eigenvalue weighted by Crippen LogP contribution is 2.28. The van der Waals surface area contributed by atoms with Gasteiger partial charge in [0.05, 0.1) is 12.5 Å². The van der Waals surface area contributed by atoms with Crippen molar-refractivity contribution in [2.24, 2.45) is 5.73 Å². The van der Waals surface area contributed by atoms with E-state index in [-0.39, 0.29) is 30.2 Å². The van der Waals surface area contributed by atoms with Crippen LogP contribution >= 0.6 is 12.4 Å². The second-order valence-electron chi connectivity index (χ2n) is 5.50. The van der Waals surface area contributed by atoms with Gasteiger partial charge in [0.1, 0.15) is 5.82 Å². The number of carbonyl (C=O) groups excluding carboxylic acids is 1. The summed E-state index contributed by atoms with van der Waals surface area (Å²) in [6, 6.07) is 6.87. The third-order valence-electron chi connectivity index (χ3n) is 3.84. The van der Waals surface area contributed by atoms with Crippen LogP contribution in [0, 0.1) is 5.82 Å². The molecular weight excluding hydrogens is 307 g/mol. The van der Waals surface area contributed by atoms with Crippen molar-refractivity contribution >= 4 is 18.3 Å². The summed E-state index contributed by atoms with van der Waals surface area (Å²) < 4.78 is 18.4. The monoisotopic (exact) mass is 330 g/mol. The lowest BCUT2D eigenvalue weighted by atomic mass is 10.1. The lowest BCUT2D eigenvalue weighted by Gasteiger charge is -2.24. The highest BCUT2D eigenvalue weighted by atomic mass is 35.5. The summed E-state index contributed by atoms with van der Waals surface area (Å²) in [5.74, 6) is -0.161. The Labute approximate surface area is 137 Å². The van der Waals surface area contributed by atoms with Gasteiger partial charge in [-0.1, -0.05) is 12.1 Å².